The smallest absolute Gasteiger partial charge is 0.240 e. The molecule has 2 heterocycles. The molecule has 2 fully saturated rings. The molecule has 0 aliphatic carbocycles. The average molecular weight is 228 g/mol. The maximum absolute atomic E-state index is 12.1. The van der Waals surface area contributed by atoms with Crippen LogP contribution in [0, 0.1) is 0 Å². The molecule has 86 valence electrons. The van der Waals surface area contributed by atoms with Gasteiger partial charge in [0.1, 0.15) is 0 Å². The van der Waals surface area contributed by atoms with Gasteiger partial charge in [-0.2, -0.15) is 11.8 Å². The van der Waals surface area contributed by atoms with Crippen molar-refractivity contribution in [2.24, 2.45) is 0 Å². The molecular weight excluding hydrogens is 208 g/mol. The second-order valence-corrected chi connectivity index (χ2v) is 5.50. The molecule has 0 spiro atoms. The van der Waals surface area contributed by atoms with Gasteiger partial charge < -0.3 is 10.2 Å². The van der Waals surface area contributed by atoms with Crippen molar-refractivity contribution in [1.82, 2.24) is 10.2 Å². The summed E-state index contributed by atoms with van der Waals surface area (Å²) < 4.78 is 0. The van der Waals surface area contributed by atoms with Gasteiger partial charge in [0.05, 0.1) is 6.04 Å². The predicted molar refractivity (Wildman–Crippen MR) is 64.1 cm³/mol. The standard InChI is InChI=1S/C11H20N2OS/c1-2-12-10-3-6-13(11(10)14)9-4-7-15-8-5-9/h9-10,12H,2-8H2,1H3. The van der Waals surface area contributed by atoms with Gasteiger partial charge in [-0.25, -0.2) is 0 Å². The van der Waals surface area contributed by atoms with Crippen molar-refractivity contribution < 1.29 is 4.79 Å². The van der Waals surface area contributed by atoms with E-state index < -0.39 is 0 Å². The fraction of sp³-hybridized carbons (Fsp3) is 0.909. The fourth-order valence-corrected chi connectivity index (χ4v) is 3.58. The molecule has 0 radical (unpaired) electrons. The summed E-state index contributed by atoms with van der Waals surface area (Å²) in [5.41, 5.74) is 0. The molecule has 3 nitrogen and oxygen atoms in total. The molecule has 2 saturated heterocycles. The highest BCUT2D eigenvalue weighted by molar-refractivity contribution is 7.99. The summed E-state index contributed by atoms with van der Waals surface area (Å²) >= 11 is 2.02. The quantitative estimate of drug-likeness (QED) is 0.785. The number of hydrogen-bond donors (Lipinski definition) is 1. The van der Waals surface area contributed by atoms with E-state index >= 15 is 0 Å². The van der Waals surface area contributed by atoms with E-state index in [0.29, 0.717) is 11.9 Å². The van der Waals surface area contributed by atoms with Crippen molar-refractivity contribution in [1.29, 1.82) is 0 Å². The minimum atomic E-state index is 0.101. The summed E-state index contributed by atoms with van der Waals surface area (Å²) in [7, 11) is 0. The number of hydrogen-bond acceptors (Lipinski definition) is 3. The lowest BCUT2D eigenvalue weighted by Gasteiger charge is -2.31. The molecule has 0 aromatic carbocycles. The SMILES string of the molecule is CCNC1CCN(C2CCSCC2)C1=O. The van der Waals surface area contributed by atoms with Gasteiger partial charge in [-0.1, -0.05) is 6.92 Å². The number of rotatable bonds is 3. The minimum absolute atomic E-state index is 0.101. The molecule has 1 atom stereocenters. The summed E-state index contributed by atoms with van der Waals surface area (Å²) in [5, 5.41) is 3.27. The van der Waals surface area contributed by atoms with Crippen LogP contribution in [0.25, 0.3) is 0 Å². The van der Waals surface area contributed by atoms with Gasteiger partial charge in [0.15, 0.2) is 0 Å². The topological polar surface area (TPSA) is 32.3 Å². The van der Waals surface area contributed by atoms with E-state index in [9.17, 15) is 4.79 Å². The monoisotopic (exact) mass is 228 g/mol. The summed E-state index contributed by atoms with van der Waals surface area (Å²) in [5.74, 6) is 2.79. The van der Waals surface area contributed by atoms with Crippen molar-refractivity contribution in [3.8, 4) is 0 Å². The lowest BCUT2D eigenvalue weighted by atomic mass is 10.1. The largest absolute Gasteiger partial charge is 0.338 e. The second kappa shape index (κ2) is 5.21. The van der Waals surface area contributed by atoms with Gasteiger partial charge in [0.2, 0.25) is 5.91 Å². The first-order chi connectivity index (χ1) is 7.33. The van der Waals surface area contributed by atoms with Crippen molar-refractivity contribution >= 4 is 17.7 Å². The van der Waals surface area contributed by atoms with Crippen LogP contribution in [-0.2, 0) is 4.79 Å². The summed E-state index contributed by atoms with van der Waals surface area (Å²) in [6, 6.07) is 0.631. The molecule has 15 heavy (non-hydrogen) atoms. The van der Waals surface area contributed by atoms with Crippen molar-refractivity contribution in [2.45, 2.75) is 38.3 Å². The van der Waals surface area contributed by atoms with Crippen molar-refractivity contribution in [3.05, 3.63) is 0 Å². The number of amides is 1. The highest BCUT2D eigenvalue weighted by atomic mass is 32.2. The fourth-order valence-electron chi connectivity index (χ4n) is 2.50. The zero-order chi connectivity index (χ0) is 10.7. The van der Waals surface area contributed by atoms with Crippen LogP contribution in [0.15, 0.2) is 0 Å². The van der Waals surface area contributed by atoms with Crippen LogP contribution in [0.2, 0.25) is 0 Å². The lowest BCUT2D eigenvalue weighted by Crippen LogP contribution is -2.44. The van der Waals surface area contributed by atoms with E-state index in [1.54, 1.807) is 0 Å². The Balaban J connectivity index is 1.90. The Morgan fingerprint density at radius 1 is 1.40 bits per heavy atom. The molecule has 0 saturated carbocycles. The third-order valence-electron chi connectivity index (χ3n) is 3.32. The Hall–Kier alpha value is -0.220. The highest BCUT2D eigenvalue weighted by Crippen LogP contribution is 2.25. The molecule has 2 rings (SSSR count). The summed E-state index contributed by atoms with van der Waals surface area (Å²) in [6.45, 7) is 3.92. The van der Waals surface area contributed by atoms with Crippen LogP contribution in [0.5, 0.6) is 0 Å². The Morgan fingerprint density at radius 3 is 2.80 bits per heavy atom. The number of likely N-dealkylation sites (tertiary alicyclic amines) is 1. The number of thioether (sulfide) groups is 1. The van der Waals surface area contributed by atoms with E-state index in [4.69, 9.17) is 0 Å². The van der Waals surface area contributed by atoms with Gasteiger partial charge in [-0.15, -0.1) is 0 Å². The zero-order valence-electron chi connectivity index (χ0n) is 9.37. The normalized spacial score (nSPS) is 28.7. The number of carbonyl (C=O) groups is 1. The number of likely N-dealkylation sites (N-methyl/N-ethyl adjacent to an activating group) is 1. The third kappa shape index (κ3) is 2.48. The van der Waals surface area contributed by atoms with Crippen LogP contribution >= 0.6 is 11.8 Å². The van der Waals surface area contributed by atoms with Crippen LogP contribution in [-0.4, -0.2) is 47.5 Å². The molecule has 0 aromatic heterocycles. The maximum atomic E-state index is 12.1. The van der Waals surface area contributed by atoms with E-state index in [1.165, 1.54) is 24.3 Å². The number of nitrogens with one attached hydrogen (secondary N) is 1. The van der Waals surface area contributed by atoms with Gasteiger partial charge in [-0.3, -0.25) is 4.79 Å². The van der Waals surface area contributed by atoms with Crippen LogP contribution in [0.4, 0.5) is 0 Å². The average Bonchev–Trinajstić information content (AvgIpc) is 2.63. The Bertz CT molecular complexity index is 229. The van der Waals surface area contributed by atoms with E-state index in [1.807, 2.05) is 11.8 Å². The summed E-state index contributed by atoms with van der Waals surface area (Å²) in [6.07, 6.45) is 3.38. The van der Waals surface area contributed by atoms with Gasteiger partial charge in [0, 0.05) is 12.6 Å². The van der Waals surface area contributed by atoms with Crippen molar-refractivity contribution in [2.75, 3.05) is 24.6 Å². The minimum Gasteiger partial charge on any atom is -0.338 e. The first-order valence-corrected chi connectivity index (χ1v) is 7.10. The molecule has 0 aromatic rings. The van der Waals surface area contributed by atoms with Gasteiger partial charge in [0.25, 0.3) is 0 Å². The third-order valence-corrected chi connectivity index (χ3v) is 4.37. The summed E-state index contributed by atoms with van der Waals surface area (Å²) in [4.78, 5) is 14.2. The molecule has 2 aliphatic heterocycles. The molecule has 1 N–H and O–H groups in total. The molecular formula is C11H20N2OS. The van der Waals surface area contributed by atoms with Gasteiger partial charge >= 0.3 is 0 Å². The zero-order valence-corrected chi connectivity index (χ0v) is 10.2. The Morgan fingerprint density at radius 2 is 2.13 bits per heavy atom. The van der Waals surface area contributed by atoms with E-state index in [0.717, 1.165) is 19.5 Å². The van der Waals surface area contributed by atoms with E-state index in [-0.39, 0.29) is 6.04 Å². The molecule has 1 amide bonds. The highest BCUT2D eigenvalue weighted by Gasteiger charge is 2.35. The van der Waals surface area contributed by atoms with Gasteiger partial charge in [-0.05, 0) is 37.3 Å². The molecule has 2 aliphatic rings. The number of nitrogens with zero attached hydrogens (tertiary/aromatic N) is 1. The van der Waals surface area contributed by atoms with Crippen LogP contribution in [0.1, 0.15) is 26.2 Å². The predicted octanol–water partition coefficient (Wildman–Crippen LogP) is 1.09. The van der Waals surface area contributed by atoms with Crippen LogP contribution in [0.3, 0.4) is 0 Å². The first-order valence-electron chi connectivity index (χ1n) is 5.94. The Labute approximate surface area is 96.0 Å². The second-order valence-electron chi connectivity index (χ2n) is 4.27. The number of carbonyl (C=O) groups excluding carboxylic acids is 1. The first kappa shape index (κ1) is 11.3. The molecule has 4 heteroatoms. The molecule has 1 unspecified atom stereocenters. The van der Waals surface area contributed by atoms with Crippen LogP contribution < -0.4 is 5.32 Å². The van der Waals surface area contributed by atoms with E-state index in [2.05, 4.69) is 17.1 Å². The molecule has 0 bridgehead atoms. The van der Waals surface area contributed by atoms with Crippen molar-refractivity contribution in [3.63, 3.8) is 0 Å². The maximum Gasteiger partial charge on any atom is 0.240 e. The Kier molecular flexibility index (Phi) is 3.92. The lowest BCUT2D eigenvalue weighted by molar-refractivity contribution is -0.131.